The van der Waals surface area contributed by atoms with E-state index >= 15 is 0 Å². The van der Waals surface area contributed by atoms with E-state index in [0.29, 0.717) is 12.5 Å². The zero-order chi connectivity index (χ0) is 8.72. The molecule has 1 aliphatic carbocycles. The lowest BCUT2D eigenvalue weighted by Crippen LogP contribution is -2.06. The van der Waals surface area contributed by atoms with Gasteiger partial charge in [-0.25, -0.2) is 0 Å². The van der Waals surface area contributed by atoms with Crippen molar-refractivity contribution in [3.05, 3.63) is 17.5 Å². The average molecular weight is 164 g/mol. The van der Waals surface area contributed by atoms with Crippen LogP contribution in [-0.4, -0.2) is 15.6 Å². The predicted octanol–water partition coefficient (Wildman–Crippen LogP) is 1.59. The zero-order valence-electron chi connectivity index (χ0n) is 7.37. The molecular weight excluding hydrogens is 152 g/mol. The Labute approximate surface area is 71.4 Å². The molecule has 0 spiro atoms. The van der Waals surface area contributed by atoms with Crippen LogP contribution in [0.5, 0.6) is 0 Å². The predicted molar refractivity (Wildman–Crippen MR) is 45.3 cm³/mol. The third kappa shape index (κ3) is 0.891. The van der Waals surface area contributed by atoms with Crippen LogP contribution in [0.4, 0.5) is 0 Å². The number of hydrogen-bond donors (Lipinski definition) is 0. The van der Waals surface area contributed by atoms with Gasteiger partial charge in [0, 0.05) is 18.2 Å². The van der Waals surface area contributed by atoms with Gasteiger partial charge < -0.3 is 0 Å². The number of Topliss-reactive ketones (excluding diaryl/α,β-unsaturated/α-hetero) is 1. The van der Waals surface area contributed by atoms with Crippen LogP contribution in [0.25, 0.3) is 0 Å². The fraction of sp³-hybridized carbons (Fsp3) is 0.556. The summed E-state index contributed by atoms with van der Waals surface area (Å²) in [6.45, 7) is 4.16. The number of carbonyl (C=O) groups is 1. The van der Waals surface area contributed by atoms with Crippen molar-refractivity contribution in [1.29, 1.82) is 0 Å². The Balaban J connectivity index is 2.49. The van der Waals surface area contributed by atoms with Crippen LogP contribution >= 0.6 is 0 Å². The second-order valence-corrected chi connectivity index (χ2v) is 3.47. The Bertz CT molecular complexity index is 325. The van der Waals surface area contributed by atoms with Crippen molar-refractivity contribution in [1.82, 2.24) is 9.78 Å². The van der Waals surface area contributed by atoms with Gasteiger partial charge in [-0.2, -0.15) is 5.10 Å². The van der Waals surface area contributed by atoms with Crippen LogP contribution in [0.2, 0.25) is 0 Å². The van der Waals surface area contributed by atoms with E-state index in [1.54, 1.807) is 6.20 Å². The van der Waals surface area contributed by atoms with Crippen molar-refractivity contribution >= 4 is 5.78 Å². The highest BCUT2D eigenvalue weighted by Crippen LogP contribution is 2.23. The van der Waals surface area contributed by atoms with Crippen LogP contribution in [0.1, 0.15) is 42.4 Å². The van der Waals surface area contributed by atoms with Crippen molar-refractivity contribution in [3.63, 3.8) is 0 Å². The molecule has 1 heterocycles. The van der Waals surface area contributed by atoms with E-state index in [0.717, 1.165) is 17.7 Å². The first-order valence-electron chi connectivity index (χ1n) is 4.29. The first kappa shape index (κ1) is 7.53. The molecule has 2 rings (SSSR count). The number of nitrogens with zero attached hydrogens (tertiary/aromatic N) is 2. The van der Waals surface area contributed by atoms with Crippen molar-refractivity contribution < 1.29 is 4.79 Å². The Kier molecular flexibility index (Phi) is 1.53. The van der Waals surface area contributed by atoms with Gasteiger partial charge in [-0.1, -0.05) is 0 Å². The fourth-order valence-corrected chi connectivity index (χ4v) is 1.68. The van der Waals surface area contributed by atoms with E-state index in [1.807, 2.05) is 4.68 Å². The average Bonchev–Trinajstić information content (AvgIpc) is 2.53. The van der Waals surface area contributed by atoms with E-state index in [9.17, 15) is 4.79 Å². The Morgan fingerprint density at radius 2 is 2.25 bits per heavy atom. The van der Waals surface area contributed by atoms with E-state index < -0.39 is 0 Å². The summed E-state index contributed by atoms with van der Waals surface area (Å²) in [4.78, 5) is 11.2. The maximum atomic E-state index is 11.2. The molecule has 0 bridgehead atoms. The summed E-state index contributed by atoms with van der Waals surface area (Å²) in [5.41, 5.74) is 1.96. The lowest BCUT2D eigenvalue weighted by atomic mass is 10.3. The molecule has 0 fully saturated rings. The molecular formula is C9H12N2O. The van der Waals surface area contributed by atoms with Crippen LogP contribution < -0.4 is 0 Å². The molecule has 0 radical (unpaired) electrons. The van der Waals surface area contributed by atoms with Crippen molar-refractivity contribution in [2.24, 2.45) is 0 Å². The second kappa shape index (κ2) is 2.44. The molecule has 1 aliphatic rings. The lowest BCUT2D eigenvalue weighted by Gasteiger charge is -2.07. The van der Waals surface area contributed by atoms with Crippen molar-refractivity contribution in [3.8, 4) is 0 Å². The van der Waals surface area contributed by atoms with Crippen LogP contribution in [0, 0.1) is 0 Å². The first-order valence-corrected chi connectivity index (χ1v) is 4.29. The summed E-state index contributed by atoms with van der Waals surface area (Å²) < 4.78 is 1.94. The summed E-state index contributed by atoms with van der Waals surface area (Å²) in [6.07, 6.45) is 3.23. The lowest BCUT2D eigenvalue weighted by molar-refractivity contribution is 0.0994. The molecule has 1 aromatic heterocycles. The summed E-state index contributed by atoms with van der Waals surface area (Å²) in [7, 11) is 0. The molecule has 0 saturated heterocycles. The molecule has 0 unspecified atom stereocenters. The monoisotopic (exact) mass is 164 g/mol. The summed E-state index contributed by atoms with van der Waals surface area (Å²) in [6, 6.07) is 0.361. The highest BCUT2D eigenvalue weighted by Gasteiger charge is 2.24. The number of ketones is 1. The van der Waals surface area contributed by atoms with E-state index in [2.05, 4.69) is 18.9 Å². The number of rotatable bonds is 1. The van der Waals surface area contributed by atoms with Crippen LogP contribution in [0.3, 0.4) is 0 Å². The Morgan fingerprint density at radius 3 is 2.92 bits per heavy atom. The molecule has 0 atom stereocenters. The molecule has 0 amide bonds. The van der Waals surface area contributed by atoms with Crippen molar-refractivity contribution in [2.45, 2.75) is 32.7 Å². The fourth-order valence-electron chi connectivity index (χ4n) is 1.68. The molecule has 64 valence electrons. The van der Waals surface area contributed by atoms with Crippen molar-refractivity contribution in [2.75, 3.05) is 0 Å². The third-order valence-electron chi connectivity index (χ3n) is 2.28. The minimum atomic E-state index is 0.247. The molecule has 3 nitrogen and oxygen atoms in total. The highest BCUT2D eigenvalue weighted by molar-refractivity contribution is 5.99. The standard InChI is InChI=1S/C9H12N2O/c1-6(2)11-8-3-4-9(12)7(8)5-10-11/h5-6H,3-4H2,1-2H3. The molecule has 3 heteroatoms. The second-order valence-electron chi connectivity index (χ2n) is 3.47. The Morgan fingerprint density at radius 1 is 1.50 bits per heavy atom. The molecule has 0 saturated carbocycles. The van der Waals surface area contributed by atoms with E-state index in [4.69, 9.17) is 0 Å². The van der Waals surface area contributed by atoms with E-state index in [1.165, 1.54) is 0 Å². The maximum absolute atomic E-state index is 11.2. The Hall–Kier alpha value is -1.12. The first-order chi connectivity index (χ1) is 5.70. The van der Waals surface area contributed by atoms with Gasteiger partial charge in [0.15, 0.2) is 5.78 Å². The van der Waals surface area contributed by atoms with Gasteiger partial charge in [0.05, 0.1) is 11.8 Å². The minimum absolute atomic E-state index is 0.247. The van der Waals surface area contributed by atoms with E-state index in [-0.39, 0.29) is 5.78 Å². The summed E-state index contributed by atoms with van der Waals surface area (Å²) in [5.74, 6) is 0.247. The number of aromatic nitrogens is 2. The van der Waals surface area contributed by atoms with Gasteiger partial charge in [-0.05, 0) is 20.3 Å². The normalized spacial score (nSPS) is 15.8. The molecule has 0 aromatic carbocycles. The topological polar surface area (TPSA) is 34.9 Å². The number of carbonyl (C=O) groups excluding carboxylic acids is 1. The van der Waals surface area contributed by atoms with Gasteiger partial charge in [0.25, 0.3) is 0 Å². The van der Waals surface area contributed by atoms with Gasteiger partial charge in [0.2, 0.25) is 0 Å². The van der Waals surface area contributed by atoms with Gasteiger partial charge >= 0.3 is 0 Å². The molecule has 0 N–H and O–H groups in total. The summed E-state index contributed by atoms with van der Waals surface area (Å²) in [5, 5.41) is 4.18. The SMILES string of the molecule is CC(C)n1ncc2c1CCC2=O. The van der Waals surface area contributed by atoms with Gasteiger partial charge in [-0.15, -0.1) is 0 Å². The largest absolute Gasteiger partial charge is 0.294 e. The third-order valence-corrected chi connectivity index (χ3v) is 2.28. The highest BCUT2D eigenvalue weighted by atomic mass is 16.1. The van der Waals surface area contributed by atoms with Crippen LogP contribution in [-0.2, 0) is 6.42 Å². The zero-order valence-corrected chi connectivity index (χ0v) is 7.37. The quantitative estimate of drug-likeness (QED) is 0.631. The molecule has 1 aromatic rings. The molecule has 12 heavy (non-hydrogen) atoms. The number of hydrogen-bond acceptors (Lipinski definition) is 2. The minimum Gasteiger partial charge on any atom is -0.294 e. The van der Waals surface area contributed by atoms with Crippen LogP contribution in [0.15, 0.2) is 6.20 Å². The maximum Gasteiger partial charge on any atom is 0.166 e. The molecule has 0 aliphatic heterocycles. The van der Waals surface area contributed by atoms with Gasteiger partial charge in [0.1, 0.15) is 0 Å². The van der Waals surface area contributed by atoms with Gasteiger partial charge in [-0.3, -0.25) is 9.48 Å². The number of fused-ring (bicyclic) bond motifs is 1. The smallest absolute Gasteiger partial charge is 0.166 e. The summed E-state index contributed by atoms with van der Waals surface area (Å²) >= 11 is 0.